The summed E-state index contributed by atoms with van der Waals surface area (Å²) >= 11 is 11.9. The fraction of sp³-hybridized carbons (Fsp3) is 0.278. The molecule has 1 aromatic heterocycles. The number of rotatable bonds is 4. The van der Waals surface area contributed by atoms with Crippen LogP contribution in [0.5, 0.6) is 5.75 Å². The third-order valence-corrected chi connectivity index (χ3v) is 4.58. The number of ether oxygens (including phenoxy) is 1. The zero-order valence-electron chi connectivity index (χ0n) is 14.7. The Balaban J connectivity index is 1.92. The van der Waals surface area contributed by atoms with Crippen LogP contribution in [0.3, 0.4) is 0 Å². The quantitative estimate of drug-likeness (QED) is 0.806. The Bertz CT molecular complexity index is 886. The number of anilines is 3. The van der Waals surface area contributed by atoms with Gasteiger partial charge in [-0.25, -0.2) is 4.98 Å². The number of benzene rings is 1. The zero-order valence-corrected chi connectivity index (χ0v) is 16.2. The summed E-state index contributed by atoms with van der Waals surface area (Å²) in [5.74, 6) is 0.0698. The van der Waals surface area contributed by atoms with Crippen LogP contribution in [0, 0.1) is 0 Å². The van der Waals surface area contributed by atoms with E-state index in [2.05, 4.69) is 10.3 Å². The van der Waals surface area contributed by atoms with Crippen LogP contribution >= 0.6 is 23.2 Å². The maximum Gasteiger partial charge on any atom is 0.270 e. The topological polar surface area (TPSA) is 97.6 Å². The summed E-state index contributed by atoms with van der Waals surface area (Å²) in [6.07, 6.45) is -0.240. The maximum absolute atomic E-state index is 12.8. The number of aromatic nitrogens is 1. The number of hydrogen-bond acceptors (Lipinski definition) is 5. The number of fused-ring (bicyclic) bond motifs is 1. The standard InChI is InChI=1S/C18H18Cl2N4O3/c1-3-13-18(26)24(16-14(27-13)4-5-15(21)23-16)9(2)17(25)22-12-7-10(19)6-11(20)8-12/h4-9,13H,3H2,1-2H3,(H2,21,23)(H,22,25). The number of pyridine rings is 1. The van der Waals surface area contributed by atoms with E-state index >= 15 is 0 Å². The molecule has 0 radical (unpaired) electrons. The van der Waals surface area contributed by atoms with E-state index in [0.29, 0.717) is 27.9 Å². The molecule has 7 nitrogen and oxygen atoms in total. The Morgan fingerprint density at radius 2 is 2.00 bits per heavy atom. The molecule has 0 saturated carbocycles. The summed E-state index contributed by atoms with van der Waals surface area (Å²) in [7, 11) is 0. The number of nitrogens with one attached hydrogen (secondary N) is 1. The lowest BCUT2D eigenvalue weighted by Gasteiger charge is -2.36. The van der Waals surface area contributed by atoms with Crippen molar-refractivity contribution in [2.45, 2.75) is 32.4 Å². The molecule has 2 unspecified atom stereocenters. The predicted molar refractivity (Wildman–Crippen MR) is 105 cm³/mol. The lowest BCUT2D eigenvalue weighted by atomic mass is 10.1. The molecule has 0 fully saturated rings. The smallest absolute Gasteiger partial charge is 0.270 e. The van der Waals surface area contributed by atoms with Crippen molar-refractivity contribution in [1.29, 1.82) is 0 Å². The zero-order chi connectivity index (χ0) is 19.7. The molecule has 0 saturated heterocycles. The van der Waals surface area contributed by atoms with Gasteiger partial charge in [-0.1, -0.05) is 30.1 Å². The molecular formula is C18H18Cl2N4O3. The van der Waals surface area contributed by atoms with Gasteiger partial charge in [-0.3, -0.25) is 14.5 Å². The molecule has 0 spiro atoms. The molecule has 142 valence electrons. The lowest BCUT2D eigenvalue weighted by Crippen LogP contribution is -2.53. The lowest BCUT2D eigenvalue weighted by molar-refractivity contribution is -0.129. The van der Waals surface area contributed by atoms with Gasteiger partial charge in [0.15, 0.2) is 17.7 Å². The molecular weight excluding hydrogens is 391 g/mol. The van der Waals surface area contributed by atoms with E-state index in [1.165, 1.54) is 4.90 Å². The van der Waals surface area contributed by atoms with E-state index < -0.39 is 18.1 Å². The van der Waals surface area contributed by atoms with Crippen LogP contribution in [0.4, 0.5) is 17.3 Å². The number of nitrogen functional groups attached to an aromatic ring is 1. The molecule has 2 amide bonds. The van der Waals surface area contributed by atoms with Crippen molar-refractivity contribution in [2.75, 3.05) is 16.0 Å². The Labute approximate surface area is 166 Å². The van der Waals surface area contributed by atoms with Crippen molar-refractivity contribution in [3.05, 3.63) is 40.4 Å². The molecule has 2 aromatic rings. The Kier molecular flexibility index (Phi) is 5.43. The SMILES string of the molecule is CCC1Oc2ccc(N)nc2N(C(C)C(=O)Nc2cc(Cl)cc(Cl)c2)C1=O. The average Bonchev–Trinajstić information content (AvgIpc) is 2.59. The van der Waals surface area contributed by atoms with Gasteiger partial charge in [-0.2, -0.15) is 0 Å². The second-order valence-corrected chi connectivity index (χ2v) is 6.98. The fourth-order valence-electron chi connectivity index (χ4n) is 2.80. The van der Waals surface area contributed by atoms with Crippen molar-refractivity contribution in [3.8, 4) is 5.75 Å². The number of carbonyl (C=O) groups is 2. The van der Waals surface area contributed by atoms with E-state index in [9.17, 15) is 9.59 Å². The van der Waals surface area contributed by atoms with Gasteiger partial charge >= 0.3 is 0 Å². The number of halogens is 2. The van der Waals surface area contributed by atoms with Crippen molar-refractivity contribution < 1.29 is 14.3 Å². The number of amides is 2. The van der Waals surface area contributed by atoms with Gasteiger partial charge in [0, 0.05) is 15.7 Å². The van der Waals surface area contributed by atoms with Crippen LogP contribution in [0.2, 0.25) is 10.0 Å². The molecule has 2 heterocycles. The van der Waals surface area contributed by atoms with Crippen molar-refractivity contribution in [2.24, 2.45) is 0 Å². The summed E-state index contributed by atoms with van der Waals surface area (Å²) in [6.45, 7) is 3.43. The van der Waals surface area contributed by atoms with Gasteiger partial charge in [0.05, 0.1) is 0 Å². The molecule has 1 aliphatic rings. The highest BCUT2D eigenvalue weighted by atomic mass is 35.5. The summed E-state index contributed by atoms with van der Waals surface area (Å²) in [6, 6.07) is 7.06. The first-order valence-corrected chi connectivity index (χ1v) is 9.09. The molecule has 3 rings (SSSR count). The average molecular weight is 409 g/mol. The summed E-state index contributed by atoms with van der Waals surface area (Å²) in [5, 5.41) is 3.49. The Morgan fingerprint density at radius 3 is 2.63 bits per heavy atom. The first-order chi connectivity index (χ1) is 12.8. The maximum atomic E-state index is 12.8. The molecule has 0 bridgehead atoms. The highest BCUT2D eigenvalue weighted by Crippen LogP contribution is 2.35. The van der Waals surface area contributed by atoms with Crippen LogP contribution in [0.1, 0.15) is 20.3 Å². The molecule has 0 aliphatic carbocycles. The molecule has 27 heavy (non-hydrogen) atoms. The minimum atomic E-state index is -0.860. The van der Waals surface area contributed by atoms with Crippen molar-refractivity contribution in [3.63, 3.8) is 0 Å². The minimum Gasteiger partial charge on any atom is -0.477 e. The summed E-state index contributed by atoms with van der Waals surface area (Å²) in [5.41, 5.74) is 6.18. The highest BCUT2D eigenvalue weighted by molar-refractivity contribution is 6.35. The van der Waals surface area contributed by atoms with Gasteiger partial charge in [0.2, 0.25) is 5.91 Å². The van der Waals surface area contributed by atoms with Crippen molar-refractivity contribution in [1.82, 2.24) is 4.98 Å². The second-order valence-electron chi connectivity index (χ2n) is 6.10. The first kappa shape index (κ1) is 19.3. The number of nitrogens with two attached hydrogens (primary N) is 1. The van der Waals surface area contributed by atoms with Crippen LogP contribution < -0.4 is 20.7 Å². The number of nitrogens with zero attached hydrogens (tertiary/aromatic N) is 2. The summed E-state index contributed by atoms with van der Waals surface area (Å²) in [4.78, 5) is 31.1. The van der Waals surface area contributed by atoms with Crippen LogP contribution in [0.15, 0.2) is 30.3 Å². The number of carbonyl (C=O) groups excluding carboxylic acids is 2. The molecule has 1 aliphatic heterocycles. The van der Waals surface area contributed by atoms with E-state index in [1.54, 1.807) is 37.3 Å². The number of hydrogen-bond donors (Lipinski definition) is 2. The van der Waals surface area contributed by atoms with Gasteiger partial charge in [-0.05, 0) is 43.7 Å². The first-order valence-electron chi connectivity index (χ1n) is 8.33. The normalized spacial score (nSPS) is 17.1. The monoisotopic (exact) mass is 408 g/mol. The third-order valence-electron chi connectivity index (χ3n) is 4.14. The molecule has 2 atom stereocenters. The van der Waals surface area contributed by atoms with Gasteiger partial charge in [0.25, 0.3) is 5.91 Å². The van der Waals surface area contributed by atoms with Crippen LogP contribution in [0.25, 0.3) is 0 Å². The van der Waals surface area contributed by atoms with Gasteiger partial charge in [-0.15, -0.1) is 0 Å². The van der Waals surface area contributed by atoms with E-state index in [0.717, 1.165) is 0 Å². The molecule has 3 N–H and O–H groups in total. The van der Waals surface area contributed by atoms with Crippen LogP contribution in [-0.4, -0.2) is 28.9 Å². The largest absolute Gasteiger partial charge is 0.477 e. The predicted octanol–water partition coefficient (Wildman–Crippen LogP) is 3.50. The van der Waals surface area contributed by atoms with E-state index in [-0.39, 0.29) is 17.5 Å². The Hall–Kier alpha value is -2.51. The van der Waals surface area contributed by atoms with Crippen molar-refractivity contribution >= 4 is 52.3 Å². The van der Waals surface area contributed by atoms with Gasteiger partial charge < -0.3 is 15.8 Å². The van der Waals surface area contributed by atoms with E-state index in [1.807, 2.05) is 6.92 Å². The third kappa shape index (κ3) is 3.94. The summed E-state index contributed by atoms with van der Waals surface area (Å²) < 4.78 is 5.68. The highest BCUT2D eigenvalue weighted by Gasteiger charge is 2.39. The van der Waals surface area contributed by atoms with Gasteiger partial charge in [0.1, 0.15) is 11.9 Å². The minimum absolute atomic E-state index is 0.219. The van der Waals surface area contributed by atoms with E-state index in [4.69, 9.17) is 33.7 Å². The molecule has 9 heteroatoms. The second kappa shape index (κ2) is 7.62. The Morgan fingerprint density at radius 1 is 1.33 bits per heavy atom. The fourth-order valence-corrected chi connectivity index (χ4v) is 3.33. The molecule has 1 aromatic carbocycles. The van der Waals surface area contributed by atoms with Crippen LogP contribution in [-0.2, 0) is 9.59 Å².